The van der Waals surface area contributed by atoms with Gasteiger partial charge in [-0.05, 0) is 40.8 Å². The smallest absolute Gasteiger partial charge is 0.168 e. The number of nitrogens with zero attached hydrogens (tertiary/aromatic N) is 1. The molecule has 1 unspecified atom stereocenters. The van der Waals surface area contributed by atoms with E-state index >= 15 is 0 Å². The third kappa shape index (κ3) is 3.61. The van der Waals surface area contributed by atoms with Crippen molar-refractivity contribution < 1.29 is 9.90 Å². The first-order valence-corrected chi connectivity index (χ1v) is 9.72. The van der Waals surface area contributed by atoms with Gasteiger partial charge in [0.1, 0.15) is 5.76 Å². The highest BCUT2D eigenvalue weighted by Crippen LogP contribution is 2.35. The Morgan fingerprint density at radius 2 is 1.68 bits per heavy atom. The number of allylic oxidation sites excluding steroid dienone is 2. The molecule has 0 aliphatic heterocycles. The number of fused-ring (bicyclic) bond motifs is 1. The summed E-state index contributed by atoms with van der Waals surface area (Å²) in [5.74, 6) is 0.154. The zero-order valence-corrected chi connectivity index (χ0v) is 15.9. The van der Waals surface area contributed by atoms with Crippen molar-refractivity contribution in [1.29, 1.82) is 0 Å². The summed E-state index contributed by atoms with van der Waals surface area (Å²) in [7, 11) is 0. The summed E-state index contributed by atoms with van der Waals surface area (Å²) < 4.78 is 0. The van der Waals surface area contributed by atoms with E-state index in [9.17, 15) is 9.90 Å². The lowest BCUT2D eigenvalue weighted by molar-refractivity contribution is -0.116. The molecule has 0 saturated heterocycles. The van der Waals surface area contributed by atoms with E-state index in [-0.39, 0.29) is 17.5 Å². The quantitative estimate of drug-likeness (QED) is 0.550. The van der Waals surface area contributed by atoms with Gasteiger partial charge in [0.05, 0.1) is 17.0 Å². The zero-order valence-electron chi connectivity index (χ0n) is 15.9. The van der Waals surface area contributed by atoms with Crippen LogP contribution in [0.1, 0.15) is 37.7 Å². The van der Waals surface area contributed by atoms with Crippen LogP contribution >= 0.6 is 0 Å². The summed E-state index contributed by atoms with van der Waals surface area (Å²) >= 11 is 0. The summed E-state index contributed by atoms with van der Waals surface area (Å²) in [5, 5.41) is 13.0. The molecular formula is C25H23NO2. The number of rotatable bonds is 4. The van der Waals surface area contributed by atoms with Gasteiger partial charge in [-0.15, -0.1) is 0 Å². The Kier molecular flexibility index (Phi) is 5.07. The number of aliphatic hydroxyl groups is 1. The number of carbonyl (C=O) groups is 1. The Balaban J connectivity index is 1.68. The van der Waals surface area contributed by atoms with Crippen molar-refractivity contribution in [2.24, 2.45) is 4.99 Å². The number of aliphatic hydroxyl groups excluding tert-OH is 1. The van der Waals surface area contributed by atoms with Gasteiger partial charge in [-0.2, -0.15) is 0 Å². The second-order valence-electron chi connectivity index (χ2n) is 7.20. The highest BCUT2D eigenvalue weighted by Gasteiger charge is 2.30. The van der Waals surface area contributed by atoms with Crippen molar-refractivity contribution in [3.05, 3.63) is 89.7 Å². The molecule has 0 amide bonds. The largest absolute Gasteiger partial charge is 0.511 e. The minimum atomic E-state index is -0.0287. The molecule has 3 aromatic carbocycles. The van der Waals surface area contributed by atoms with Crippen LogP contribution in [-0.4, -0.2) is 16.6 Å². The molecule has 3 aromatic rings. The van der Waals surface area contributed by atoms with Crippen LogP contribution in [0.15, 0.2) is 89.1 Å². The Morgan fingerprint density at radius 1 is 0.964 bits per heavy atom. The first-order valence-electron chi connectivity index (χ1n) is 9.72. The lowest BCUT2D eigenvalue weighted by atomic mass is 9.81. The van der Waals surface area contributed by atoms with Crippen molar-refractivity contribution >= 4 is 28.0 Å². The highest BCUT2D eigenvalue weighted by atomic mass is 16.3. The first kappa shape index (κ1) is 18.2. The summed E-state index contributed by atoms with van der Waals surface area (Å²) in [4.78, 5) is 17.6. The average Bonchev–Trinajstić information content (AvgIpc) is 2.73. The zero-order chi connectivity index (χ0) is 19.5. The molecular weight excluding hydrogens is 346 g/mol. The second kappa shape index (κ2) is 7.81. The van der Waals surface area contributed by atoms with Gasteiger partial charge >= 0.3 is 0 Å². The van der Waals surface area contributed by atoms with Crippen LogP contribution in [0.2, 0.25) is 0 Å². The predicted molar refractivity (Wildman–Crippen MR) is 114 cm³/mol. The Hall–Kier alpha value is -3.20. The normalized spacial score (nSPS) is 18.0. The molecule has 1 atom stereocenters. The Labute approximate surface area is 165 Å². The van der Waals surface area contributed by atoms with Crippen LogP contribution in [0.3, 0.4) is 0 Å². The number of hydrogen-bond donors (Lipinski definition) is 1. The van der Waals surface area contributed by atoms with Gasteiger partial charge in [0.25, 0.3) is 0 Å². The summed E-state index contributed by atoms with van der Waals surface area (Å²) in [6.45, 7) is 1.97. The first-order chi connectivity index (χ1) is 13.7. The molecule has 1 N–H and O–H groups in total. The van der Waals surface area contributed by atoms with Crippen LogP contribution in [-0.2, 0) is 4.79 Å². The van der Waals surface area contributed by atoms with E-state index in [1.807, 2.05) is 73.7 Å². The fourth-order valence-electron chi connectivity index (χ4n) is 3.90. The van der Waals surface area contributed by atoms with E-state index in [1.54, 1.807) is 0 Å². The van der Waals surface area contributed by atoms with Gasteiger partial charge in [0, 0.05) is 12.8 Å². The van der Waals surface area contributed by atoms with E-state index < -0.39 is 0 Å². The third-order valence-corrected chi connectivity index (χ3v) is 5.33. The van der Waals surface area contributed by atoms with Crippen LogP contribution in [0, 0.1) is 0 Å². The van der Waals surface area contributed by atoms with E-state index in [4.69, 9.17) is 4.99 Å². The second-order valence-corrected chi connectivity index (χ2v) is 7.20. The molecule has 1 aliphatic carbocycles. The van der Waals surface area contributed by atoms with E-state index in [0.717, 1.165) is 22.0 Å². The molecule has 0 heterocycles. The number of aliphatic imine (C=N–C) groups is 1. The Bertz CT molecular complexity index is 1080. The van der Waals surface area contributed by atoms with Crippen molar-refractivity contribution in [2.75, 3.05) is 0 Å². The monoisotopic (exact) mass is 369 g/mol. The maximum atomic E-state index is 12.9. The van der Waals surface area contributed by atoms with Gasteiger partial charge in [-0.3, -0.25) is 9.79 Å². The molecule has 1 aliphatic rings. The summed E-state index contributed by atoms with van der Waals surface area (Å²) in [5.41, 5.74) is 2.95. The number of ketones is 1. The number of benzene rings is 3. The summed E-state index contributed by atoms with van der Waals surface area (Å²) in [6, 6.07) is 24.0. The van der Waals surface area contributed by atoms with Crippen LogP contribution in [0.4, 0.5) is 5.69 Å². The molecule has 0 aromatic heterocycles. The standard InChI is InChI=1S/C25H23NO2/c1-2-22(26-21-13-12-18-10-6-7-11-19(18)14-21)25-23(27)15-20(16-24(25)28)17-8-4-3-5-9-17/h3-14,20,27H,2,15-16H2,1H3. The molecule has 0 bridgehead atoms. The Morgan fingerprint density at radius 3 is 2.39 bits per heavy atom. The molecule has 0 spiro atoms. The van der Waals surface area contributed by atoms with E-state index in [1.165, 1.54) is 0 Å². The number of Topliss-reactive ketones (excluding diaryl/α,β-unsaturated/α-hetero) is 1. The van der Waals surface area contributed by atoms with Gasteiger partial charge in [0.15, 0.2) is 5.78 Å². The predicted octanol–water partition coefficient (Wildman–Crippen LogP) is 6.28. The van der Waals surface area contributed by atoms with Gasteiger partial charge in [-0.1, -0.05) is 67.6 Å². The minimum Gasteiger partial charge on any atom is -0.511 e. The van der Waals surface area contributed by atoms with E-state index in [0.29, 0.717) is 30.5 Å². The van der Waals surface area contributed by atoms with Crippen molar-refractivity contribution in [3.63, 3.8) is 0 Å². The molecule has 4 rings (SSSR count). The third-order valence-electron chi connectivity index (χ3n) is 5.33. The highest BCUT2D eigenvalue weighted by molar-refractivity contribution is 6.23. The van der Waals surface area contributed by atoms with Crippen LogP contribution in [0.25, 0.3) is 10.8 Å². The number of hydrogen-bond acceptors (Lipinski definition) is 3. The van der Waals surface area contributed by atoms with Crippen molar-refractivity contribution in [2.45, 2.75) is 32.1 Å². The SMILES string of the molecule is CCC(=Nc1ccc2ccccc2c1)C1=C(O)CC(c2ccccc2)CC1=O. The van der Waals surface area contributed by atoms with Crippen LogP contribution < -0.4 is 0 Å². The van der Waals surface area contributed by atoms with Gasteiger partial charge in [-0.25, -0.2) is 0 Å². The van der Waals surface area contributed by atoms with Gasteiger partial charge in [0.2, 0.25) is 0 Å². The fraction of sp³-hybridized carbons (Fsp3) is 0.200. The molecule has 3 nitrogen and oxygen atoms in total. The van der Waals surface area contributed by atoms with Crippen LogP contribution in [0.5, 0.6) is 0 Å². The van der Waals surface area contributed by atoms with Crippen molar-refractivity contribution in [1.82, 2.24) is 0 Å². The number of carbonyl (C=O) groups excluding carboxylic acids is 1. The summed E-state index contributed by atoms with van der Waals surface area (Å²) in [6.07, 6.45) is 1.47. The lowest BCUT2D eigenvalue weighted by Crippen LogP contribution is -2.23. The fourth-order valence-corrected chi connectivity index (χ4v) is 3.90. The average molecular weight is 369 g/mol. The topological polar surface area (TPSA) is 49.7 Å². The minimum absolute atomic E-state index is 0.0243. The van der Waals surface area contributed by atoms with Crippen molar-refractivity contribution in [3.8, 4) is 0 Å². The van der Waals surface area contributed by atoms with E-state index in [2.05, 4.69) is 6.07 Å². The molecule has 0 radical (unpaired) electrons. The maximum absolute atomic E-state index is 12.9. The molecule has 3 heteroatoms. The molecule has 28 heavy (non-hydrogen) atoms. The molecule has 0 fully saturated rings. The van der Waals surface area contributed by atoms with Gasteiger partial charge < -0.3 is 5.11 Å². The lowest BCUT2D eigenvalue weighted by Gasteiger charge is -2.24. The molecule has 140 valence electrons. The maximum Gasteiger partial charge on any atom is 0.168 e. The molecule has 0 saturated carbocycles.